The van der Waals surface area contributed by atoms with Crippen LogP contribution in [0.15, 0.2) is 65.7 Å². The van der Waals surface area contributed by atoms with E-state index in [-0.39, 0.29) is 5.84 Å². The molecule has 136 valence electrons. The minimum Gasteiger partial charge on any atom is -0.301 e. The van der Waals surface area contributed by atoms with Crippen LogP contribution in [0.3, 0.4) is 0 Å². The molecule has 1 heterocycles. The number of carbonyl (C=O) groups is 1. The van der Waals surface area contributed by atoms with E-state index in [2.05, 4.69) is 10.4 Å². The Bertz CT molecular complexity index is 916. The van der Waals surface area contributed by atoms with Crippen LogP contribution in [-0.2, 0) is 20.5 Å². The van der Waals surface area contributed by atoms with E-state index in [1.807, 2.05) is 48.5 Å². The molecule has 0 amide bonds. The summed E-state index contributed by atoms with van der Waals surface area (Å²) < 4.78 is 32.2. The SMILES string of the molecule is CC1(c2ccccc2)N=C(CS(=O)(=O)O)N(Nc2ccccc2)C1C=O. The fourth-order valence-corrected chi connectivity index (χ4v) is 3.59. The molecule has 0 spiro atoms. The highest BCUT2D eigenvalue weighted by Crippen LogP contribution is 2.37. The summed E-state index contributed by atoms with van der Waals surface area (Å²) in [6, 6.07) is 17.4. The van der Waals surface area contributed by atoms with Crippen molar-refractivity contribution >= 4 is 27.9 Å². The maximum absolute atomic E-state index is 11.9. The fraction of sp³-hybridized carbons (Fsp3) is 0.222. The summed E-state index contributed by atoms with van der Waals surface area (Å²) in [5, 5.41) is 1.41. The van der Waals surface area contributed by atoms with Crippen molar-refractivity contribution in [2.24, 2.45) is 4.99 Å². The third-order valence-corrected chi connectivity index (χ3v) is 4.94. The molecule has 0 saturated heterocycles. The van der Waals surface area contributed by atoms with Gasteiger partial charge in [-0.1, -0.05) is 48.5 Å². The molecule has 2 atom stereocenters. The normalized spacial score (nSPS) is 22.8. The molecular weight excluding hydrogens is 354 g/mol. The average molecular weight is 373 g/mol. The zero-order chi connectivity index (χ0) is 18.8. The monoisotopic (exact) mass is 373 g/mol. The Balaban J connectivity index is 2.06. The number of rotatable bonds is 6. The minimum atomic E-state index is -4.33. The molecule has 7 nitrogen and oxygen atoms in total. The summed E-state index contributed by atoms with van der Waals surface area (Å²) in [7, 11) is -4.33. The van der Waals surface area contributed by atoms with E-state index in [4.69, 9.17) is 0 Å². The van der Waals surface area contributed by atoms with Gasteiger partial charge in [0.15, 0.2) is 0 Å². The van der Waals surface area contributed by atoms with Gasteiger partial charge in [0.2, 0.25) is 0 Å². The second-order valence-electron chi connectivity index (χ2n) is 6.20. The van der Waals surface area contributed by atoms with Gasteiger partial charge in [-0.3, -0.25) is 20.0 Å². The van der Waals surface area contributed by atoms with Crippen molar-refractivity contribution in [1.82, 2.24) is 5.01 Å². The lowest BCUT2D eigenvalue weighted by atomic mass is 9.86. The van der Waals surface area contributed by atoms with Crippen LogP contribution in [0.2, 0.25) is 0 Å². The fourth-order valence-electron chi connectivity index (χ4n) is 3.06. The molecule has 2 aromatic carbocycles. The molecule has 2 unspecified atom stereocenters. The van der Waals surface area contributed by atoms with E-state index in [0.717, 1.165) is 11.8 Å². The third-order valence-electron chi connectivity index (χ3n) is 4.32. The van der Waals surface area contributed by atoms with Crippen molar-refractivity contribution < 1.29 is 17.8 Å². The van der Waals surface area contributed by atoms with Gasteiger partial charge in [-0.2, -0.15) is 8.42 Å². The number of anilines is 1. The number of benzene rings is 2. The number of hydrazine groups is 1. The maximum Gasteiger partial charge on any atom is 0.272 e. The number of para-hydroxylation sites is 1. The largest absolute Gasteiger partial charge is 0.301 e. The summed E-state index contributed by atoms with van der Waals surface area (Å²) in [4.78, 5) is 16.5. The van der Waals surface area contributed by atoms with Crippen molar-refractivity contribution in [3.63, 3.8) is 0 Å². The summed E-state index contributed by atoms with van der Waals surface area (Å²) in [5.74, 6) is -0.626. The molecule has 2 aromatic rings. The first-order valence-electron chi connectivity index (χ1n) is 7.99. The van der Waals surface area contributed by atoms with Crippen molar-refractivity contribution in [3.8, 4) is 0 Å². The molecule has 0 fully saturated rings. The first kappa shape index (κ1) is 18.1. The van der Waals surface area contributed by atoms with Gasteiger partial charge in [-0.15, -0.1) is 0 Å². The smallest absolute Gasteiger partial charge is 0.272 e. The van der Waals surface area contributed by atoms with Crippen LogP contribution in [-0.4, -0.2) is 41.9 Å². The van der Waals surface area contributed by atoms with Crippen molar-refractivity contribution in [1.29, 1.82) is 0 Å². The molecule has 8 heteroatoms. The predicted molar refractivity (Wildman–Crippen MR) is 99.4 cm³/mol. The first-order valence-corrected chi connectivity index (χ1v) is 9.60. The Morgan fingerprint density at radius 1 is 1.15 bits per heavy atom. The third kappa shape index (κ3) is 3.61. The second kappa shape index (κ2) is 6.89. The molecule has 1 aliphatic rings. The maximum atomic E-state index is 11.9. The van der Waals surface area contributed by atoms with Crippen LogP contribution in [0.1, 0.15) is 12.5 Å². The number of aliphatic imine (C=N–C) groups is 1. The van der Waals surface area contributed by atoms with Gasteiger partial charge in [0.1, 0.15) is 29.5 Å². The highest BCUT2D eigenvalue weighted by atomic mass is 32.2. The topological polar surface area (TPSA) is 99.1 Å². The van der Waals surface area contributed by atoms with Crippen molar-refractivity contribution in [3.05, 3.63) is 66.2 Å². The van der Waals surface area contributed by atoms with Gasteiger partial charge in [-0.05, 0) is 24.6 Å². The average Bonchev–Trinajstić information content (AvgIpc) is 2.87. The Hall–Kier alpha value is -2.71. The molecule has 1 aliphatic heterocycles. The number of carbonyl (C=O) groups excluding carboxylic acids is 1. The van der Waals surface area contributed by atoms with E-state index in [0.29, 0.717) is 5.69 Å². The van der Waals surface area contributed by atoms with Crippen LogP contribution < -0.4 is 5.43 Å². The zero-order valence-electron chi connectivity index (χ0n) is 14.1. The van der Waals surface area contributed by atoms with E-state index in [9.17, 15) is 17.8 Å². The standard InChI is InChI=1S/C18H19N3O4S/c1-18(14-8-4-2-5-9-14)16(12-22)21(17(19-18)13-26(23,24)25)20-15-10-6-3-7-11-15/h2-12,16,20H,13H2,1H3,(H,23,24,25). The Labute approximate surface area is 152 Å². The summed E-state index contributed by atoms with van der Waals surface area (Å²) in [6.07, 6.45) is 0.726. The summed E-state index contributed by atoms with van der Waals surface area (Å²) in [6.45, 7) is 1.76. The molecule has 2 N–H and O–H groups in total. The van der Waals surface area contributed by atoms with Crippen LogP contribution in [0, 0.1) is 0 Å². The number of nitrogens with zero attached hydrogens (tertiary/aromatic N) is 2. The van der Waals surface area contributed by atoms with Crippen LogP contribution >= 0.6 is 0 Å². The molecule has 0 radical (unpaired) electrons. The highest BCUT2D eigenvalue weighted by Gasteiger charge is 2.47. The van der Waals surface area contributed by atoms with Gasteiger partial charge < -0.3 is 4.79 Å². The van der Waals surface area contributed by atoms with Gasteiger partial charge in [0.05, 0.1) is 5.69 Å². The lowest BCUT2D eigenvalue weighted by Gasteiger charge is -2.32. The quantitative estimate of drug-likeness (QED) is 0.594. The number of aldehydes is 1. The van der Waals surface area contributed by atoms with Gasteiger partial charge in [0, 0.05) is 0 Å². The zero-order valence-corrected chi connectivity index (χ0v) is 14.9. The molecule has 0 aromatic heterocycles. The minimum absolute atomic E-state index is 0.0693. The van der Waals surface area contributed by atoms with Gasteiger partial charge in [0.25, 0.3) is 10.1 Å². The van der Waals surface area contributed by atoms with Crippen LogP contribution in [0.25, 0.3) is 0 Å². The number of nitrogens with one attached hydrogen (secondary N) is 1. The number of hydrogen-bond donors (Lipinski definition) is 2. The molecular formula is C18H19N3O4S. The van der Waals surface area contributed by atoms with Crippen LogP contribution in [0.4, 0.5) is 5.69 Å². The summed E-state index contributed by atoms with van der Waals surface area (Å²) in [5.41, 5.74) is 3.47. The van der Waals surface area contributed by atoms with Gasteiger partial charge in [-0.25, -0.2) is 0 Å². The van der Waals surface area contributed by atoms with E-state index in [1.54, 1.807) is 19.1 Å². The van der Waals surface area contributed by atoms with E-state index < -0.39 is 27.5 Å². The van der Waals surface area contributed by atoms with E-state index in [1.165, 1.54) is 5.01 Å². The summed E-state index contributed by atoms with van der Waals surface area (Å²) >= 11 is 0. The van der Waals surface area contributed by atoms with E-state index >= 15 is 0 Å². The molecule has 26 heavy (non-hydrogen) atoms. The molecule has 3 rings (SSSR count). The Morgan fingerprint density at radius 3 is 2.27 bits per heavy atom. The molecule has 0 aliphatic carbocycles. The Kier molecular flexibility index (Phi) is 4.80. The van der Waals surface area contributed by atoms with Crippen molar-refractivity contribution in [2.45, 2.75) is 18.5 Å². The Morgan fingerprint density at radius 2 is 1.73 bits per heavy atom. The lowest BCUT2D eigenvalue weighted by molar-refractivity contribution is -0.112. The van der Waals surface area contributed by atoms with Crippen LogP contribution in [0.5, 0.6) is 0 Å². The second-order valence-corrected chi connectivity index (χ2v) is 7.65. The predicted octanol–water partition coefficient (Wildman–Crippen LogP) is 2.10. The lowest BCUT2D eigenvalue weighted by Crippen LogP contribution is -2.49. The van der Waals surface area contributed by atoms with Crippen molar-refractivity contribution in [2.75, 3.05) is 11.2 Å². The number of hydrogen-bond acceptors (Lipinski definition) is 6. The molecule has 0 bridgehead atoms. The highest BCUT2D eigenvalue weighted by molar-refractivity contribution is 7.86. The molecule has 0 saturated carbocycles. The van der Waals surface area contributed by atoms with Gasteiger partial charge >= 0.3 is 0 Å². The first-order chi connectivity index (χ1) is 12.3. The number of amidine groups is 1.